The van der Waals surface area contributed by atoms with Crippen molar-refractivity contribution in [3.8, 4) is 0 Å². The molecular formula is C14H26N2O2. The van der Waals surface area contributed by atoms with E-state index >= 15 is 0 Å². The number of hydrogen-bond acceptors (Lipinski definition) is 2. The second-order valence-corrected chi connectivity index (χ2v) is 5.45. The molecule has 3 unspecified atom stereocenters. The van der Waals surface area contributed by atoms with Crippen LogP contribution >= 0.6 is 0 Å². The van der Waals surface area contributed by atoms with E-state index in [-0.39, 0.29) is 23.9 Å². The minimum absolute atomic E-state index is 0.00981. The van der Waals surface area contributed by atoms with Crippen molar-refractivity contribution in [1.82, 2.24) is 10.2 Å². The van der Waals surface area contributed by atoms with E-state index in [4.69, 9.17) is 0 Å². The van der Waals surface area contributed by atoms with Crippen LogP contribution in [0.2, 0.25) is 0 Å². The average molecular weight is 254 g/mol. The molecule has 0 aromatic carbocycles. The summed E-state index contributed by atoms with van der Waals surface area (Å²) in [6.45, 7) is 9.86. The molecule has 0 radical (unpaired) electrons. The van der Waals surface area contributed by atoms with Gasteiger partial charge >= 0.3 is 0 Å². The zero-order valence-corrected chi connectivity index (χ0v) is 12.2. The van der Waals surface area contributed by atoms with Crippen molar-refractivity contribution in [3.05, 3.63) is 0 Å². The van der Waals surface area contributed by atoms with Gasteiger partial charge in [0.2, 0.25) is 11.8 Å². The Bertz CT molecular complexity index is 330. The third-order valence-corrected chi connectivity index (χ3v) is 4.02. The monoisotopic (exact) mass is 254 g/mol. The molecule has 0 aliphatic carbocycles. The summed E-state index contributed by atoms with van der Waals surface area (Å²) in [6.07, 6.45) is 3.26. The van der Waals surface area contributed by atoms with Crippen molar-refractivity contribution in [2.45, 2.75) is 77.9 Å². The first kappa shape index (κ1) is 15.0. The minimum Gasteiger partial charge on any atom is -0.340 e. The highest BCUT2D eigenvalue weighted by Crippen LogP contribution is 2.26. The maximum atomic E-state index is 12.6. The molecule has 1 aliphatic heterocycles. The molecule has 0 aromatic heterocycles. The zero-order valence-electron chi connectivity index (χ0n) is 12.2. The van der Waals surface area contributed by atoms with Crippen LogP contribution in [-0.2, 0) is 9.59 Å². The fraction of sp³-hybridized carbons (Fsp3) is 0.857. The van der Waals surface area contributed by atoms with Gasteiger partial charge in [-0.2, -0.15) is 0 Å². The van der Waals surface area contributed by atoms with E-state index in [0.717, 1.165) is 12.8 Å². The normalized spacial score (nSPS) is 30.3. The first-order valence-corrected chi connectivity index (χ1v) is 7.06. The summed E-state index contributed by atoms with van der Waals surface area (Å²) < 4.78 is 0. The molecule has 104 valence electrons. The van der Waals surface area contributed by atoms with E-state index in [2.05, 4.69) is 12.2 Å². The molecule has 1 heterocycles. The molecule has 3 atom stereocenters. The topological polar surface area (TPSA) is 49.4 Å². The van der Waals surface area contributed by atoms with Gasteiger partial charge in [-0.1, -0.05) is 27.2 Å². The first-order chi connectivity index (χ1) is 8.41. The molecule has 1 N–H and O–H groups in total. The molecule has 0 saturated carbocycles. The molecule has 1 rings (SSSR count). The fourth-order valence-corrected chi connectivity index (χ4v) is 2.65. The second-order valence-electron chi connectivity index (χ2n) is 5.45. The Morgan fingerprint density at radius 3 is 2.39 bits per heavy atom. The van der Waals surface area contributed by atoms with Gasteiger partial charge < -0.3 is 10.2 Å². The zero-order chi connectivity index (χ0) is 13.9. The van der Waals surface area contributed by atoms with Crippen LogP contribution in [0.1, 0.15) is 60.3 Å². The molecule has 1 aliphatic rings. The Labute approximate surface area is 110 Å². The molecule has 0 spiro atoms. The Morgan fingerprint density at radius 1 is 1.33 bits per heavy atom. The third kappa shape index (κ3) is 2.52. The van der Waals surface area contributed by atoms with Crippen molar-refractivity contribution in [2.75, 3.05) is 0 Å². The molecule has 1 saturated heterocycles. The predicted octanol–water partition coefficient (Wildman–Crippen LogP) is 2.08. The van der Waals surface area contributed by atoms with Gasteiger partial charge in [0, 0.05) is 6.04 Å². The summed E-state index contributed by atoms with van der Waals surface area (Å²) in [6, 6.07) is -0.178. The third-order valence-electron chi connectivity index (χ3n) is 4.02. The van der Waals surface area contributed by atoms with Crippen LogP contribution in [-0.4, -0.2) is 34.3 Å². The molecule has 18 heavy (non-hydrogen) atoms. The predicted molar refractivity (Wildman–Crippen MR) is 72.1 cm³/mol. The van der Waals surface area contributed by atoms with E-state index in [1.165, 1.54) is 0 Å². The first-order valence-electron chi connectivity index (χ1n) is 7.06. The lowest BCUT2D eigenvalue weighted by Gasteiger charge is -2.46. The quantitative estimate of drug-likeness (QED) is 0.816. The van der Waals surface area contributed by atoms with Gasteiger partial charge in [0.15, 0.2) is 0 Å². The van der Waals surface area contributed by atoms with Crippen molar-refractivity contribution in [1.29, 1.82) is 0 Å². The van der Waals surface area contributed by atoms with Crippen LogP contribution in [0.25, 0.3) is 0 Å². The lowest BCUT2D eigenvalue weighted by molar-refractivity contribution is -0.157. The molecule has 0 bridgehead atoms. The Morgan fingerprint density at radius 2 is 1.94 bits per heavy atom. The van der Waals surface area contributed by atoms with Gasteiger partial charge in [-0.3, -0.25) is 9.59 Å². The number of piperazine rings is 1. The van der Waals surface area contributed by atoms with Crippen LogP contribution in [0.15, 0.2) is 0 Å². The lowest BCUT2D eigenvalue weighted by Crippen LogP contribution is -2.70. The van der Waals surface area contributed by atoms with Gasteiger partial charge in [-0.25, -0.2) is 0 Å². The van der Waals surface area contributed by atoms with Crippen LogP contribution in [0, 0.1) is 0 Å². The molecule has 1 fully saturated rings. The molecule has 2 amide bonds. The summed E-state index contributed by atoms with van der Waals surface area (Å²) in [4.78, 5) is 26.6. The minimum atomic E-state index is -0.731. The van der Waals surface area contributed by atoms with Crippen molar-refractivity contribution in [2.24, 2.45) is 0 Å². The summed E-state index contributed by atoms with van der Waals surface area (Å²) >= 11 is 0. The Balaban J connectivity index is 3.06. The van der Waals surface area contributed by atoms with Gasteiger partial charge in [-0.05, 0) is 33.1 Å². The van der Waals surface area contributed by atoms with Gasteiger partial charge in [0.1, 0.15) is 11.6 Å². The Kier molecular flexibility index (Phi) is 4.77. The highest BCUT2D eigenvalue weighted by Gasteiger charge is 2.47. The van der Waals surface area contributed by atoms with E-state index in [9.17, 15) is 9.59 Å². The molecule has 4 nitrogen and oxygen atoms in total. The highest BCUT2D eigenvalue weighted by molar-refractivity contribution is 5.99. The van der Waals surface area contributed by atoms with Gasteiger partial charge in [-0.15, -0.1) is 0 Å². The van der Waals surface area contributed by atoms with Crippen LogP contribution in [0.5, 0.6) is 0 Å². The number of hydrogen-bond donors (Lipinski definition) is 1. The molecular weight excluding hydrogens is 228 g/mol. The Hall–Kier alpha value is -1.06. The molecule has 4 heteroatoms. The smallest absolute Gasteiger partial charge is 0.248 e. The van der Waals surface area contributed by atoms with E-state index < -0.39 is 5.54 Å². The maximum Gasteiger partial charge on any atom is 0.248 e. The summed E-state index contributed by atoms with van der Waals surface area (Å²) in [5.74, 6) is 0.0572. The lowest BCUT2D eigenvalue weighted by atomic mass is 9.89. The van der Waals surface area contributed by atoms with Crippen molar-refractivity contribution >= 4 is 11.8 Å². The highest BCUT2D eigenvalue weighted by atomic mass is 16.2. The number of nitrogens with one attached hydrogen (secondary N) is 1. The summed E-state index contributed by atoms with van der Waals surface area (Å²) in [5, 5.41) is 2.89. The largest absolute Gasteiger partial charge is 0.340 e. The SMILES string of the molecule is CCCC(C)N1C(=O)C(C)(CC)NC(=O)C1CC. The van der Waals surface area contributed by atoms with E-state index in [0.29, 0.717) is 12.8 Å². The van der Waals surface area contributed by atoms with Gasteiger partial charge in [0.25, 0.3) is 0 Å². The number of nitrogens with zero attached hydrogens (tertiary/aromatic N) is 1. The standard InChI is InChI=1S/C14H26N2O2/c1-6-9-10(4)16-11(7-2)12(17)15-14(5,8-3)13(16)18/h10-11H,6-9H2,1-5H3,(H,15,17). The van der Waals surface area contributed by atoms with Crippen LogP contribution in [0.4, 0.5) is 0 Å². The number of carbonyl (C=O) groups is 2. The van der Waals surface area contributed by atoms with Crippen molar-refractivity contribution < 1.29 is 9.59 Å². The number of rotatable bonds is 5. The number of amides is 2. The van der Waals surface area contributed by atoms with Crippen LogP contribution in [0.3, 0.4) is 0 Å². The summed E-state index contributed by atoms with van der Waals surface area (Å²) in [5.41, 5.74) is -0.731. The fourth-order valence-electron chi connectivity index (χ4n) is 2.65. The second kappa shape index (κ2) is 5.72. The average Bonchev–Trinajstić information content (AvgIpc) is 2.33. The summed E-state index contributed by atoms with van der Waals surface area (Å²) in [7, 11) is 0. The maximum absolute atomic E-state index is 12.6. The van der Waals surface area contributed by atoms with Crippen molar-refractivity contribution in [3.63, 3.8) is 0 Å². The van der Waals surface area contributed by atoms with E-state index in [1.54, 1.807) is 0 Å². The van der Waals surface area contributed by atoms with E-state index in [1.807, 2.05) is 32.6 Å². The molecule has 0 aromatic rings. The van der Waals surface area contributed by atoms with Crippen LogP contribution < -0.4 is 5.32 Å². The number of carbonyl (C=O) groups excluding carboxylic acids is 2. The van der Waals surface area contributed by atoms with Gasteiger partial charge in [0.05, 0.1) is 0 Å².